The molecule has 1 aromatic carbocycles. The topological polar surface area (TPSA) is 63.2 Å². The van der Waals surface area contributed by atoms with Crippen LogP contribution in [0.5, 0.6) is 0 Å². The highest BCUT2D eigenvalue weighted by atomic mass is 32.1. The number of benzene rings is 1. The van der Waals surface area contributed by atoms with Gasteiger partial charge in [-0.05, 0) is 36.8 Å². The van der Waals surface area contributed by atoms with Crippen molar-refractivity contribution in [2.24, 2.45) is 5.41 Å². The molecule has 2 fully saturated rings. The zero-order valence-electron chi connectivity index (χ0n) is 14.3. The number of urea groups is 1. The number of carbonyl (C=O) groups is 1. The number of hydrogen-bond donors (Lipinski definition) is 2. The van der Waals surface area contributed by atoms with Crippen molar-refractivity contribution in [3.8, 4) is 11.3 Å². The van der Waals surface area contributed by atoms with Gasteiger partial charge in [-0.25, -0.2) is 9.78 Å². The molecule has 2 aliphatic rings. The molecule has 27 heavy (non-hydrogen) atoms. The van der Waals surface area contributed by atoms with Crippen LogP contribution in [0.2, 0.25) is 0 Å². The van der Waals surface area contributed by atoms with E-state index in [1.807, 2.05) is 0 Å². The first-order valence-corrected chi connectivity index (χ1v) is 9.52. The fourth-order valence-electron chi connectivity index (χ4n) is 3.47. The van der Waals surface area contributed by atoms with Crippen molar-refractivity contribution in [3.05, 3.63) is 34.7 Å². The van der Waals surface area contributed by atoms with Crippen molar-refractivity contribution in [2.75, 3.05) is 18.5 Å². The van der Waals surface area contributed by atoms with Gasteiger partial charge in [0.2, 0.25) is 0 Å². The highest BCUT2D eigenvalue weighted by Crippen LogP contribution is 2.53. The molecule has 4 rings (SSSR count). The molecule has 0 bridgehead atoms. The maximum atomic E-state index is 12.7. The van der Waals surface area contributed by atoms with Gasteiger partial charge in [-0.15, -0.1) is 11.3 Å². The molecule has 2 heterocycles. The van der Waals surface area contributed by atoms with Gasteiger partial charge in [0.05, 0.1) is 5.69 Å². The number of alkyl halides is 3. The number of aromatic nitrogens is 1. The Morgan fingerprint density at radius 2 is 1.93 bits per heavy atom. The van der Waals surface area contributed by atoms with E-state index in [-0.39, 0.29) is 23.2 Å². The van der Waals surface area contributed by atoms with Crippen molar-refractivity contribution in [2.45, 2.75) is 31.5 Å². The van der Waals surface area contributed by atoms with Crippen molar-refractivity contribution in [3.63, 3.8) is 0 Å². The number of ether oxygens (including phenoxy) is 1. The average molecular weight is 397 g/mol. The van der Waals surface area contributed by atoms with Gasteiger partial charge < -0.3 is 15.4 Å². The molecule has 1 unspecified atom stereocenters. The maximum absolute atomic E-state index is 12.7. The summed E-state index contributed by atoms with van der Waals surface area (Å²) in [5.41, 5.74) is 1.60. The van der Waals surface area contributed by atoms with Gasteiger partial charge >= 0.3 is 12.2 Å². The normalized spacial score (nSPS) is 21.1. The monoisotopic (exact) mass is 397 g/mol. The lowest BCUT2D eigenvalue weighted by Crippen LogP contribution is -2.35. The van der Waals surface area contributed by atoms with Crippen LogP contribution in [0, 0.1) is 5.41 Å². The molecule has 144 valence electrons. The molecule has 1 aliphatic heterocycles. The zero-order valence-corrected chi connectivity index (χ0v) is 15.1. The third kappa shape index (κ3) is 3.93. The molecule has 1 aliphatic carbocycles. The molecule has 0 radical (unpaired) electrons. The summed E-state index contributed by atoms with van der Waals surface area (Å²) in [6.45, 7) is 1.49. The van der Waals surface area contributed by atoms with Gasteiger partial charge in [-0.1, -0.05) is 12.1 Å². The molecule has 1 spiro atoms. The number of amides is 2. The Bertz CT molecular complexity index is 829. The van der Waals surface area contributed by atoms with E-state index in [0.29, 0.717) is 22.6 Å². The number of halogens is 3. The van der Waals surface area contributed by atoms with Crippen LogP contribution in [0.3, 0.4) is 0 Å². The number of nitrogens with zero attached hydrogens (tertiary/aromatic N) is 1. The molecule has 2 aromatic rings. The van der Waals surface area contributed by atoms with E-state index >= 15 is 0 Å². The van der Waals surface area contributed by atoms with Crippen LogP contribution in [-0.2, 0) is 10.9 Å². The minimum atomic E-state index is -4.44. The first-order chi connectivity index (χ1) is 12.9. The molecular weight excluding hydrogens is 379 g/mol. The Balaban J connectivity index is 1.34. The molecule has 2 amide bonds. The van der Waals surface area contributed by atoms with Gasteiger partial charge in [0.1, 0.15) is 0 Å². The van der Waals surface area contributed by atoms with E-state index in [4.69, 9.17) is 4.74 Å². The summed E-state index contributed by atoms with van der Waals surface area (Å²) < 4.78 is 43.3. The van der Waals surface area contributed by atoms with E-state index in [2.05, 4.69) is 15.6 Å². The number of rotatable bonds is 3. The first kappa shape index (κ1) is 18.2. The summed E-state index contributed by atoms with van der Waals surface area (Å²) in [5, 5.41) is 6.26. The summed E-state index contributed by atoms with van der Waals surface area (Å²) in [5.74, 6) is 0. The molecular formula is C18H18F3N3O2S. The second-order valence-electron chi connectivity index (χ2n) is 6.94. The predicted octanol–water partition coefficient (Wildman–Crippen LogP) is 4.52. The second-order valence-corrected chi connectivity index (χ2v) is 7.80. The minimum absolute atomic E-state index is 0.177. The Labute approximate surface area is 157 Å². The molecule has 5 nitrogen and oxygen atoms in total. The van der Waals surface area contributed by atoms with Gasteiger partial charge in [-0.3, -0.25) is 0 Å². The van der Waals surface area contributed by atoms with Crippen molar-refractivity contribution >= 4 is 23.1 Å². The standard InChI is InChI=1S/C18H18F3N3O2S/c19-18(20,21)15-23-13(10-27-15)11-1-3-12(4-2-11)22-16(25)24-14-9-17(14)5-7-26-8-6-17/h1-4,10,14H,5-9H2,(H2,22,24,25). The quantitative estimate of drug-likeness (QED) is 0.801. The first-order valence-electron chi connectivity index (χ1n) is 8.64. The average Bonchev–Trinajstić information content (AvgIpc) is 3.06. The largest absolute Gasteiger partial charge is 0.443 e. The van der Waals surface area contributed by atoms with Crippen LogP contribution in [0.4, 0.5) is 23.7 Å². The van der Waals surface area contributed by atoms with Crippen LogP contribution in [-0.4, -0.2) is 30.3 Å². The fourth-order valence-corrected chi connectivity index (χ4v) is 4.17. The van der Waals surface area contributed by atoms with Crippen molar-refractivity contribution in [1.29, 1.82) is 0 Å². The zero-order chi connectivity index (χ0) is 19.1. The SMILES string of the molecule is O=C(Nc1ccc(-c2csc(C(F)(F)F)n2)cc1)NC1CC12CCOCC2. The van der Waals surface area contributed by atoms with Crippen LogP contribution in [0.15, 0.2) is 29.6 Å². The Hall–Kier alpha value is -2.13. The number of thiazole rings is 1. The van der Waals surface area contributed by atoms with E-state index in [1.54, 1.807) is 24.3 Å². The number of nitrogens with one attached hydrogen (secondary N) is 2. The summed E-state index contributed by atoms with van der Waals surface area (Å²) in [6.07, 6.45) is -1.51. The molecule has 1 saturated heterocycles. The van der Waals surface area contributed by atoms with E-state index in [1.165, 1.54) is 5.38 Å². The smallest absolute Gasteiger partial charge is 0.381 e. The molecule has 1 atom stereocenters. The van der Waals surface area contributed by atoms with Gasteiger partial charge in [0.15, 0.2) is 5.01 Å². The maximum Gasteiger partial charge on any atom is 0.443 e. The minimum Gasteiger partial charge on any atom is -0.381 e. The van der Waals surface area contributed by atoms with Crippen LogP contribution in [0.25, 0.3) is 11.3 Å². The van der Waals surface area contributed by atoms with Crippen LogP contribution in [0.1, 0.15) is 24.3 Å². The van der Waals surface area contributed by atoms with Gasteiger partial charge in [0.25, 0.3) is 0 Å². The summed E-state index contributed by atoms with van der Waals surface area (Å²) in [4.78, 5) is 15.8. The molecule has 1 saturated carbocycles. The number of carbonyl (C=O) groups excluding carboxylic acids is 1. The van der Waals surface area contributed by atoms with Crippen molar-refractivity contribution in [1.82, 2.24) is 10.3 Å². The number of anilines is 1. The Kier molecular flexibility index (Phi) is 4.59. The molecule has 2 N–H and O–H groups in total. The summed E-state index contributed by atoms with van der Waals surface area (Å²) in [7, 11) is 0. The van der Waals surface area contributed by atoms with Gasteiger partial charge in [0, 0.05) is 35.9 Å². The van der Waals surface area contributed by atoms with E-state index in [9.17, 15) is 18.0 Å². The highest BCUT2D eigenvalue weighted by molar-refractivity contribution is 7.10. The van der Waals surface area contributed by atoms with Crippen LogP contribution < -0.4 is 10.6 Å². The molecule has 1 aromatic heterocycles. The Morgan fingerprint density at radius 1 is 1.22 bits per heavy atom. The van der Waals surface area contributed by atoms with Crippen molar-refractivity contribution < 1.29 is 22.7 Å². The third-order valence-corrected chi connectivity index (χ3v) is 6.06. The Morgan fingerprint density at radius 3 is 2.56 bits per heavy atom. The summed E-state index contributed by atoms with van der Waals surface area (Å²) in [6, 6.07) is 6.49. The summed E-state index contributed by atoms with van der Waals surface area (Å²) >= 11 is 0.566. The third-order valence-electron chi connectivity index (χ3n) is 5.17. The fraction of sp³-hybridized carbons (Fsp3) is 0.444. The second kappa shape index (κ2) is 6.79. The molecule has 9 heteroatoms. The van der Waals surface area contributed by atoms with Crippen LogP contribution >= 0.6 is 11.3 Å². The lowest BCUT2D eigenvalue weighted by molar-refractivity contribution is -0.137. The number of hydrogen-bond acceptors (Lipinski definition) is 4. The predicted molar refractivity (Wildman–Crippen MR) is 95.6 cm³/mol. The highest BCUT2D eigenvalue weighted by Gasteiger charge is 2.55. The van der Waals surface area contributed by atoms with E-state index in [0.717, 1.165) is 32.5 Å². The lowest BCUT2D eigenvalue weighted by Gasteiger charge is -2.22. The lowest BCUT2D eigenvalue weighted by atomic mass is 9.96. The van der Waals surface area contributed by atoms with E-state index < -0.39 is 11.2 Å². The van der Waals surface area contributed by atoms with Gasteiger partial charge in [-0.2, -0.15) is 13.2 Å².